The lowest BCUT2D eigenvalue weighted by Gasteiger charge is -2.12. The number of ether oxygens (including phenoxy) is 1. The molecule has 0 unspecified atom stereocenters. The molecule has 0 fully saturated rings. The summed E-state index contributed by atoms with van der Waals surface area (Å²) in [7, 11) is 1.57. The fraction of sp³-hybridized carbons (Fsp3) is 0.0333. The van der Waals surface area contributed by atoms with Gasteiger partial charge in [0, 0.05) is 23.4 Å². The Bertz CT molecular complexity index is 1690. The molecule has 0 radical (unpaired) electrons. The van der Waals surface area contributed by atoms with Gasteiger partial charge >= 0.3 is 0 Å². The SMILES string of the molecule is COc1cc(=O)c2c(O)c(-c3ccccc3)cn3c(-c4ccccc4)c(-c4ccccc4)c1c23. The van der Waals surface area contributed by atoms with E-state index in [2.05, 4.69) is 24.3 Å². The van der Waals surface area contributed by atoms with Gasteiger partial charge in [-0.25, -0.2) is 0 Å². The molecule has 34 heavy (non-hydrogen) atoms. The van der Waals surface area contributed by atoms with Crippen molar-refractivity contribution in [2.45, 2.75) is 0 Å². The lowest BCUT2D eigenvalue weighted by molar-refractivity contribution is 0.419. The van der Waals surface area contributed by atoms with Gasteiger partial charge in [0.05, 0.1) is 29.1 Å². The van der Waals surface area contributed by atoms with Crippen LogP contribution in [0.3, 0.4) is 0 Å². The fourth-order valence-electron chi connectivity index (χ4n) is 4.89. The Morgan fingerprint density at radius 3 is 1.88 bits per heavy atom. The third kappa shape index (κ3) is 2.89. The maximum absolute atomic E-state index is 13.3. The number of hydrogen-bond donors (Lipinski definition) is 1. The summed E-state index contributed by atoms with van der Waals surface area (Å²) >= 11 is 0. The summed E-state index contributed by atoms with van der Waals surface area (Å²) < 4.78 is 7.76. The van der Waals surface area contributed by atoms with Gasteiger partial charge in [-0.2, -0.15) is 0 Å². The first-order valence-electron chi connectivity index (χ1n) is 11.1. The first kappa shape index (κ1) is 20.1. The van der Waals surface area contributed by atoms with E-state index in [4.69, 9.17) is 4.74 Å². The van der Waals surface area contributed by atoms with Gasteiger partial charge in [-0.1, -0.05) is 91.0 Å². The summed E-state index contributed by atoms with van der Waals surface area (Å²) in [4.78, 5) is 13.3. The molecule has 0 bridgehead atoms. The molecule has 0 amide bonds. The lowest BCUT2D eigenvalue weighted by atomic mass is 9.97. The van der Waals surface area contributed by atoms with Gasteiger partial charge in [0.25, 0.3) is 0 Å². The first-order valence-corrected chi connectivity index (χ1v) is 11.1. The molecular formula is C30H21NO3. The van der Waals surface area contributed by atoms with E-state index in [9.17, 15) is 9.90 Å². The molecule has 4 aromatic carbocycles. The van der Waals surface area contributed by atoms with E-state index < -0.39 is 0 Å². The summed E-state index contributed by atoms with van der Waals surface area (Å²) in [5.74, 6) is 0.468. The Balaban J connectivity index is 1.90. The molecule has 0 atom stereocenters. The van der Waals surface area contributed by atoms with E-state index in [1.54, 1.807) is 7.11 Å². The molecule has 0 spiro atoms. The fourth-order valence-corrected chi connectivity index (χ4v) is 4.89. The van der Waals surface area contributed by atoms with Crippen molar-refractivity contribution in [1.82, 2.24) is 4.40 Å². The molecule has 164 valence electrons. The largest absolute Gasteiger partial charge is 0.506 e. The van der Waals surface area contributed by atoms with Crippen molar-refractivity contribution in [2.75, 3.05) is 7.11 Å². The first-order chi connectivity index (χ1) is 16.7. The van der Waals surface area contributed by atoms with Gasteiger partial charge in [0.1, 0.15) is 11.5 Å². The van der Waals surface area contributed by atoms with E-state index in [-0.39, 0.29) is 16.6 Å². The average molecular weight is 444 g/mol. The maximum Gasteiger partial charge on any atom is 0.195 e. The van der Waals surface area contributed by atoms with Gasteiger partial charge in [-0.05, 0) is 16.7 Å². The van der Waals surface area contributed by atoms with Crippen molar-refractivity contribution < 1.29 is 9.84 Å². The van der Waals surface area contributed by atoms with Crippen LogP contribution in [0.15, 0.2) is 108 Å². The van der Waals surface area contributed by atoms with E-state index in [0.29, 0.717) is 16.8 Å². The van der Waals surface area contributed by atoms with Crippen molar-refractivity contribution in [1.29, 1.82) is 0 Å². The average Bonchev–Trinajstić information content (AvgIpc) is 3.23. The van der Waals surface area contributed by atoms with Gasteiger partial charge < -0.3 is 14.2 Å². The molecular weight excluding hydrogens is 422 g/mol. The molecule has 0 saturated carbocycles. The number of methoxy groups -OCH3 is 1. The predicted octanol–water partition coefficient (Wildman–Crippen LogP) is 6.61. The summed E-state index contributed by atoms with van der Waals surface area (Å²) in [6.07, 6.45) is 1.92. The van der Waals surface area contributed by atoms with E-state index in [0.717, 1.165) is 33.3 Å². The highest BCUT2D eigenvalue weighted by Gasteiger charge is 2.27. The van der Waals surface area contributed by atoms with Crippen molar-refractivity contribution in [3.8, 4) is 45.0 Å². The molecule has 4 heteroatoms. The molecule has 0 aliphatic heterocycles. The van der Waals surface area contributed by atoms with Crippen molar-refractivity contribution >= 4 is 16.3 Å². The maximum atomic E-state index is 13.3. The number of benzene rings is 4. The third-order valence-corrected chi connectivity index (χ3v) is 6.36. The third-order valence-electron chi connectivity index (χ3n) is 6.36. The van der Waals surface area contributed by atoms with Crippen LogP contribution in [0.4, 0.5) is 0 Å². The highest BCUT2D eigenvalue weighted by atomic mass is 16.5. The highest BCUT2D eigenvalue weighted by molar-refractivity contribution is 6.15. The summed E-state index contributed by atoms with van der Waals surface area (Å²) in [6.45, 7) is 0. The topological polar surface area (TPSA) is 50.9 Å². The highest BCUT2D eigenvalue weighted by Crippen LogP contribution is 2.48. The molecule has 4 nitrogen and oxygen atoms in total. The lowest BCUT2D eigenvalue weighted by Crippen LogP contribution is -2.04. The van der Waals surface area contributed by atoms with Crippen LogP contribution < -0.4 is 10.2 Å². The molecule has 1 N–H and O–H groups in total. The monoisotopic (exact) mass is 443 g/mol. The summed E-state index contributed by atoms with van der Waals surface area (Å²) in [6, 6.07) is 31.3. The zero-order valence-corrected chi connectivity index (χ0v) is 18.5. The second kappa shape index (κ2) is 7.78. The molecule has 6 rings (SSSR count). The van der Waals surface area contributed by atoms with Gasteiger partial charge in [-0.15, -0.1) is 0 Å². The van der Waals surface area contributed by atoms with Crippen LogP contribution in [0.25, 0.3) is 49.8 Å². The smallest absolute Gasteiger partial charge is 0.195 e. The van der Waals surface area contributed by atoms with Gasteiger partial charge in [0.15, 0.2) is 5.43 Å². The Morgan fingerprint density at radius 1 is 0.735 bits per heavy atom. The van der Waals surface area contributed by atoms with E-state index in [1.165, 1.54) is 6.07 Å². The molecule has 2 heterocycles. The van der Waals surface area contributed by atoms with Gasteiger partial charge in [-0.3, -0.25) is 4.79 Å². The van der Waals surface area contributed by atoms with E-state index >= 15 is 0 Å². The van der Waals surface area contributed by atoms with Crippen LogP contribution in [0, 0.1) is 0 Å². The quantitative estimate of drug-likeness (QED) is 0.334. The number of aromatic hydroxyl groups is 1. The van der Waals surface area contributed by atoms with Crippen molar-refractivity contribution in [3.05, 3.63) is 113 Å². The number of pyridine rings is 1. The number of aromatic nitrogens is 1. The van der Waals surface area contributed by atoms with Crippen LogP contribution in [-0.2, 0) is 0 Å². The molecule has 0 saturated heterocycles. The molecule has 0 aliphatic carbocycles. The Hall–Kier alpha value is -4.57. The zero-order valence-electron chi connectivity index (χ0n) is 18.5. The van der Waals surface area contributed by atoms with E-state index in [1.807, 2.05) is 77.3 Å². The minimum atomic E-state index is -0.277. The van der Waals surface area contributed by atoms with Gasteiger partial charge in [0.2, 0.25) is 0 Å². The normalized spacial score (nSPS) is 11.3. The van der Waals surface area contributed by atoms with Crippen LogP contribution in [0.5, 0.6) is 11.5 Å². The van der Waals surface area contributed by atoms with Crippen LogP contribution >= 0.6 is 0 Å². The minimum Gasteiger partial charge on any atom is -0.506 e. The molecule has 6 aromatic rings. The Labute approximate surface area is 196 Å². The Morgan fingerprint density at radius 2 is 1.29 bits per heavy atom. The second-order valence-electron chi connectivity index (χ2n) is 8.26. The zero-order chi connectivity index (χ0) is 23.2. The number of rotatable bonds is 4. The number of hydrogen-bond acceptors (Lipinski definition) is 3. The predicted molar refractivity (Wildman–Crippen MR) is 137 cm³/mol. The number of nitrogens with zero attached hydrogens (tertiary/aromatic N) is 1. The molecule has 0 aliphatic rings. The molecule has 2 aromatic heterocycles. The summed E-state index contributed by atoms with van der Waals surface area (Å²) in [5.41, 5.74) is 5.71. The van der Waals surface area contributed by atoms with Crippen LogP contribution in [0.2, 0.25) is 0 Å². The second-order valence-corrected chi connectivity index (χ2v) is 8.26. The summed E-state index contributed by atoms with van der Waals surface area (Å²) in [5, 5.41) is 12.5. The van der Waals surface area contributed by atoms with Crippen molar-refractivity contribution in [2.24, 2.45) is 0 Å². The van der Waals surface area contributed by atoms with Crippen LogP contribution in [0.1, 0.15) is 0 Å². The minimum absolute atomic E-state index is 0.0203. The van der Waals surface area contributed by atoms with Crippen molar-refractivity contribution in [3.63, 3.8) is 0 Å². The Kier molecular flexibility index (Phi) is 4.59. The van der Waals surface area contributed by atoms with Crippen LogP contribution in [-0.4, -0.2) is 16.6 Å². The standard InChI is InChI=1S/C30H21NO3/c1-34-24-17-23(32)26-29-27(24)25(20-13-7-3-8-14-20)28(21-15-9-4-10-16-21)31(29)18-22(30(26)33)19-11-5-2-6-12-19/h2-18,33H,1H3.